The third-order valence-corrected chi connectivity index (χ3v) is 5.28. The molecule has 1 unspecified atom stereocenters. The number of nitrogens with one attached hydrogen (secondary N) is 1. The van der Waals surface area contributed by atoms with Gasteiger partial charge in [0, 0.05) is 13.6 Å². The zero-order valence-electron chi connectivity index (χ0n) is 17.8. The Morgan fingerprint density at radius 3 is 2.35 bits per heavy atom. The van der Waals surface area contributed by atoms with Crippen LogP contribution in [0.5, 0.6) is 11.5 Å². The number of carbonyl (C=O) groups is 3. The molecule has 0 saturated carbocycles. The van der Waals surface area contributed by atoms with E-state index in [1.807, 2.05) is 0 Å². The van der Waals surface area contributed by atoms with E-state index in [1.54, 1.807) is 25.2 Å². The fraction of sp³-hybridized carbons (Fsp3) is 0.318. The molecule has 1 heterocycles. The molecule has 3 rings (SSSR count). The Morgan fingerprint density at radius 1 is 1.10 bits per heavy atom. The Labute approximate surface area is 179 Å². The predicted octanol–water partition coefficient (Wildman–Crippen LogP) is 2.27. The van der Waals surface area contributed by atoms with Gasteiger partial charge in [-0.2, -0.15) is 0 Å². The Kier molecular flexibility index (Phi) is 6.14. The number of methoxy groups -OCH3 is 2. The number of carbonyl (C=O) groups excluding carboxylic acids is 3. The number of likely N-dealkylation sites (N-methyl/N-ethyl adjacent to an activating group) is 1. The van der Waals surface area contributed by atoms with E-state index in [0.29, 0.717) is 17.1 Å². The smallest absolute Gasteiger partial charge is 0.325 e. The van der Waals surface area contributed by atoms with Crippen LogP contribution in [0.1, 0.15) is 18.1 Å². The lowest BCUT2D eigenvalue weighted by molar-refractivity contribution is -0.138. The molecule has 1 aliphatic rings. The van der Waals surface area contributed by atoms with Crippen LogP contribution in [-0.4, -0.2) is 55.5 Å². The van der Waals surface area contributed by atoms with Crippen LogP contribution >= 0.6 is 0 Å². The highest BCUT2D eigenvalue weighted by Gasteiger charge is 2.49. The molecule has 4 amide bonds. The number of amides is 4. The summed E-state index contributed by atoms with van der Waals surface area (Å²) in [6.45, 7) is 1.36. The van der Waals surface area contributed by atoms with Crippen molar-refractivity contribution >= 4 is 17.8 Å². The predicted molar refractivity (Wildman–Crippen MR) is 110 cm³/mol. The minimum absolute atomic E-state index is 0.248. The summed E-state index contributed by atoms with van der Waals surface area (Å²) in [6.07, 6.45) is 0. The minimum atomic E-state index is -1.37. The number of hydrogen-bond acceptors (Lipinski definition) is 5. The van der Waals surface area contributed by atoms with Gasteiger partial charge in [0.2, 0.25) is 5.91 Å². The lowest BCUT2D eigenvalue weighted by Crippen LogP contribution is -2.43. The third-order valence-electron chi connectivity index (χ3n) is 5.28. The molecule has 31 heavy (non-hydrogen) atoms. The molecule has 2 aromatic rings. The Morgan fingerprint density at radius 2 is 1.74 bits per heavy atom. The molecule has 0 bridgehead atoms. The quantitative estimate of drug-likeness (QED) is 0.683. The van der Waals surface area contributed by atoms with Crippen LogP contribution in [0.2, 0.25) is 0 Å². The zero-order chi connectivity index (χ0) is 22.8. The number of rotatable bonds is 7. The first-order valence-electron chi connectivity index (χ1n) is 9.54. The second kappa shape index (κ2) is 8.63. The van der Waals surface area contributed by atoms with Crippen LogP contribution in [0.25, 0.3) is 0 Å². The average Bonchev–Trinajstić information content (AvgIpc) is 2.97. The zero-order valence-corrected chi connectivity index (χ0v) is 17.8. The van der Waals surface area contributed by atoms with Gasteiger partial charge >= 0.3 is 6.03 Å². The van der Waals surface area contributed by atoms with Crippen LogP contribution in [0.4, 0.5) is 9.18 Å². The van der Waals surface area contributed by atoms with Gasteiger partial charge in [-0.25, -0.2) is 9.18 Å². The number of imide groups is 1. The maximum atomic E-state index is 13.2. The Balaban J connectivity index is 1.70. The second-order valence-corrected chi connectivity index (χ2v) is 7.39. The number of nitrogens with zero attached hydrogens (tertiary/aromatic N) is 2. The lowest BCUT2D eigenvalue weighted by atomic mass is 9.92. The molecule has 1 fully saturated rings. The number of benzene rings is 2. The summed E-state index contributed by atoms with van der Waals surface area (Å²) >= 11 is 0. The van der Waals surface area contributed by atoms with Gasteiger partial charge in [-0.05, 0) is 42.3 Å². The van der Waals surface area contributed by atoms with E-state index in [-0.39, 0.29) is 6.54 Å². The molecule has 8 nitrogen and oxygen atoms in total. The van der Waals surface area contributed by atoms with E-state index in [1.165, 1.54) is 50.3 Å². The first kappa shape index (κ1) is 22.1. The lowest BCUT2D eigenvalue weighted by Gasteiger charge is -2.23. The van der Waals surface area contributed by atoms with Crippen molar-refractivity contribution in [2.75, 3.05) is 27.8 Å². The molecule has 1 aliphatic heterocycles. The summed E-state index contributed by atoms with van der Waals surface area (Å²) in [5.41, 5.74) is -0.143. The van der Waals surface area contributed by atoms with E-state index >= 15 is 0 Å². The molecule has 9 heteroatoms. The van der Waals surface area contributed by atoms with E-state index in [4.69, 9.17) is 9.47 Å². The molecule has 0 spiro atoms. The van der Waals surface area contributed by atoms with Gasteiger partial charge in [-0.15, -0.1) is 0 Å². The molecule has 0 radical (unpaired) electrons. The highest BCUT2D eigenvalue weighted by atomic mass is 19.1. The SMILES string of the molecule is COc1ccc(CN(C)C(=O)CN2C(=O)NC(C)(c3ccc(F)cc3)C2=O)cc1OC. The average molecular weight is 429 g/mol. The van der Waals surface area contributed by atoms with E-state index in [2.05, 4.69) is 5.32 Å². The molecular formula is C22H24FN3O5. The largest absolute Gasteiger partial charge is 0.493 e. The van der Waals surface area contributed by atoms with Gasteiger partial charge in [0.15, 0.2) is 11.5 Å². The van der Waals surface area contributed by atoms with Gasteiger partial charge in [-0.3, -0.25) is 14.5 Å². The number of ether oxygens (including phenoxy) is 2. The van der Waals surface area contributed by atoms with Crippen LogP contribution in [0.3, 0.4) is 0 Å². The van der Waals surface area contributed by atoms with Gasteiger partial charge in [-0.1, -0.05) is 18.2 Å². The number of urea groups is 1. The van der Waals surface area contributed by atoms with Crippen LogP contribution < -0.4 is 14.8 Å². The van der Waals surface area contributed by atoms with Crippen LogP contribution in [0, 0.1) is 5.82 Å². The summed E-state index contributed by atoms with van der Waals surface area (Å²) < 4.78 is 23.7. The number of halogens is 1. The van der Waals surface area contributed by atoms with Crippen molar-refractivity contribution in [2.45, 2.75) is 19.0 Å². The number of hydrogen-bond donors (Lipinski definition) is 1. The van der Waals surface area contributed by atoms with E-state index in [9.17, 15) is 18.8 Å². The second-order valence-electron chi connectivity index (χ2n) is 7.39. The standard InChI is InChI=1S/C22H24FN3O5/c1-22(15-6-8-16(23)9-7-15)20(28)26(21(29)24-22)13-19(27)25(2)12-14-5-10-17(30-3)18(11-14)31-4/h5-11H,12-13H2,1-4H3,(H,24,29). The molecule has 0 aromatic heterocycles. The maximum absolute atomic E-state index is 13.2. The van der Waals surface area contributed by atoms with Crippen molar-refractivity contribution in [2.24, 2.45) is 0 Å². The van der Waals surface area contributed by atoms with Crippen molar-refractivity contribution < 1.29 is 28.2 Å². The first-order chi connectivity index (χ1) is 14.7. The van der Waals surface area contributed by atoms with Crippen LogP contribution in [-0.2, 0) is 21.7 Å². The first-order valence-corrected chi connectivity index (χ1v) is 9.54. The molecular weight excluding hydrogens is 405 g/mol. The molecule has 2 aromatic carbocycles. The van der Waals surface area contributed by atoms with Crippen molar-refractivity contribution in [3.8, 4) is 11.5 Å². The topological polar surface area (TPSA) is 88.2 Å². The van der Waals surface area contributed by atoms with E-state index < -0.39 is 35.7 Å². The molecule has 1 saturated heterocycles. The van der Waals surface area contributed by atoms with Crippen LogP contribution in [0.15, 0.2) is 42.5 Å². The highest BCUT2D eigenvalue weighted by molar-refractivity contribution is 6.09. The highest BCUT2D eigenvalue weighted by Crippen LogP contribution is 2.30. The minimum Gasteiger partial charge on any atom is -0.493 e. The normalized spacial score (nSPS) is 18.0. The molecule has 164 valence electrons. The Bertz CT molecular complexity index is 1010. The summed E-state index contributed by atoms with van der Waals surface area (Å²) in [7, 11) is 4.63. The van der Waals surface area contributed by atoms with Crippen molar-refractivity contribution in [1.29, 1.82) is 0 Å². The summed E-state index contributed by atoms with van der Waals surface area (Å²) in [6, 6.07) is 9.90. The monoisotopic (exact) mass is 429 g/mol. The van der Waals surface area contributed by atoms with Gasteiger partial charge in [0.25, 0.3) is 5.91 Å². The fourth-order valence-electron chi connectivity index (χ4n) is 3.42. The molecule has 1 atom stereocenters. The fourth-order valence-corrected chi connectivity index (χ4v) is 3.42. The summed E-state index contributed by atoms with van der Waals surface area (Å²) in [4.78, 5) is 40.4. The molecule has 1 N–H and O–H groups in total. The van der Waals surface area contributed by atoms with Gasteiger partial charge < -0.3 is 19.7 Å². The van der Waals surface area contributed by atoms with Gasteiger partial charge in [0.1, 0.15) is 17.9 Å². The summed E-state index contributed by atoms with van der Waals surface area (Å²) in [5, 5.41) is 2.60. The van der Waals surface area contributed by atoms with E-state index in [0.717, 1.165) is 10.5 Å². The summed E-state index contributed by atoms with van der Waals surface area (Å²) in [5.74, 6) is -0.337. The van der Waals surface area contributed by atoms with Gasteiger partial charge in [0.05, 0.1) is 14.2 Å². The third kappa shape index (κ3) is 4.30. The molecule has 0 aliphatic carbocycles. The van der Waals surface area contributed by atoms with Crippen molar-refractivity contribution in [3.05, 3.63) is 59.4 Å². The maximum Gasteiger partial charge on any atom is 0.325 e. The van der Waals surface area contributed by atoms with Crippen molar-refractivity contribution in [3.63, 3.8) is 0 Å². The van der Waals surface area contributed by atoms with Crippen molar-refractivity contribution in [1.82, 2.24) is 15.1 Å². The Hall–Kier alpha value is -3.62.